The number of alkyl halides is 3. The quantitative estimate of drug-likeness (QED) is 0.139. The Kier molecular flexibility index (Phi) is 12.3. The maximum absolute atomic E-state index is 12.4. The molecule has 0 aliphatic carbocycles. The lowest BCUT2D eigenvalue weighted by Gasteiger charge is -2.08. The minimum absolute atomic E-state index is 0.259. The summed E-state index contributed by atoms with van der Waals surface area (Å²) in [6, 6.07) is 43.4. The van der Waals surface area contributed by atoms with E-state index < -0.39 is 6.36 Å². The molecule has 0 aliphatic rings. The van der Waals surface area contributed by atoms with Gasteiger partial charge in [-0.15, -0.1) is 13.2 Å². The van der Waals surface area contributed by atoms with Crippen molar-refractivity contribution < 1.29 is 22.6 Å². The standard InChI is InChI=1S/C26H21ClN4O.C26H19F3N4O/c1-16-5-3-7-22(29-16)26-25(19-9-10-21-18(15-19)6-4-12-28-21)30-24(31-26)14-17-8-11-23(32-2)20(27)13-17;1-16-4-2-6-22(31-16)25-24(19-9-12-21-18(15-19)5-3-13-30-21)32-23(33-25)14-17-7-10-20(11-8-17)34-26(27,28)29/h3-13,15H,14H2,1-2H3,(H,30,31);2-13,15H,14H2,1H3,(H,32,33). The number of benzene rings is 4. The molecule has 0 atom stereocenters. The van der Waals surface area contributed by atoms with Crippen molar-refractivity contribution in [1.82, 2.24) is 39.9 Å². The number of aryl methyl sites for hydroxylation is 2. The summed E-state index contributed by atoms with van der Waals surface area (Å²) in [6.45, 7) is 3.91. The highest BCUT2D eigenvalue weighted by atomic mass is 35.5. The molecular formula is C52H40ClF3N8O2. The molecule has 0 saturated carbocycles. The summed E-state index contributed by atoms with van der Waals surface area (Å²) in [5, 5.41) is 2.65. The molecule has 14 heteroatoms. The third-order valence-electron chi connectivity index (χ3n) is 10.7. The lowest BCUT2D eigenvalue weighted by molar-refractivity contribution is -0.274. The second kappa shape index (κ2) is 18.7. The maximum atomic E-state index is 12.4. The Morgan fingerprint density at radius 3 is 1.56 bits per heavy atom. The molecule has 6 heterocycles. The van der Waals surface area contributed by atoms with Crippen molar-refractivity contribution in [1.29, 1.82) is 0 Å². The van der Waals surface area contributed by atoms with Crippen molar-refractivity contribution in [2.24, 2.45) is 0 Å². The van der Waals surface area contributed by atoms with Crippen LogP contribution in [-0.2, 0) is 12.8 Å². The van der Waals surface area contributed by atoms with Gasteiger partial charge in [-0.3, -0.25) is 19.9 Å². The van der Waals surface area contributed by atoms with Crippen LogP contribution >= 0.6 is 11.6 Å². The number of rotatable bonds is 10. The lowest BCUT2D eigenvalue weighted by atomic mass is 10.1. The van der Waals surface area contributed by atoms with Crippen LogP contribution in [-0.4, -0.2) is 53.3 Å². The predicted molar refractivity (Wildman–Crippen MR) is 251 cm³/mol. The molecule has 0 fully saturated rings. The minimum Gasteiger partial charge on any atom is -0.495 e. The Morgan fingerprint density at radius 1 is 0.561 bits per heavy atom. The van der Waals surface area contributed by atoms with E-state index in [-0.39, 0.29) is 5.75 Å². The molecule has 10 nitrogen and oxygen atoms in total. The van der Waals surface area contributed by atoms with Crippen molar-refractivity contribution in [3.05, 3.63) is 191 Å². The molecule has 10 aromatic rings. The number of aromatic nitrogens is 8. The molecule has 0 radical (unpaired) electrons. The average Bonchev–Trinajstić information content (AvgIpc) is 3.94. The van der Waals surface area contributed by atoms with E-state index in [2.05, 4.69) is 47.9 Å². The molecule has 10 rings (SSSR count). The number of imidazole rings is 2. The monoisotopic (exact) mass is 900 g/mol. The highest BCUT2D eigenvalue weighted by Gasteiger charge is 2.31. The first-order valence-electron chi connectivity index (χ1n) is 20.9. The third-order valence-corrected chi connectivity index (χ3v) is 11.0. The van der Waals surface area contributed by atoms with Gasteiger partial charge in [-0.05, 0) is 110 Å². The number of nitrogens with zero attached hydrogens (tertiary/aromatic N) is 6. The summed E-state index contributed by atoms with van der Waals surface area (Å²) in [7, 11) is 1.61. The average molecular weight is 901 g/mol. The zero-order valence-electron chi connectivity index (χ0n) is 35.9. The van der Waals surface area contributed by atoms with E-state index in [1.807, 2.05) is 111 Å². The van der Waals surface area contributed by atoms with Gasteiger partial charge in [0.15, 0.2) is 0 Å². The van der Waals surface area contributed by atoms with Crippen molar-refractivity contribution in [2.75, 3.05) is 7.11 Å². The van der Waals surface area contributed by atoms with E-state index >= 15 is 0 Å². The third kappa shape index (κ3) is 10.1. The van der Waals surface area contributed by atoms with E-state index in [1.165, 1.54) is 12.1 Å². The molecule has 0 saturated heterocycles. The largest absolute Gasteiger partial charge is 0.573 e. The summed E-state index contributed by atoms with van der Waals surface area (Å²) in [5.41, 5.74) is 12.3. The van der Waals surface area contributed by atoms with E-state index in [0.717, 1.165) is 95.4 Å². The van der Waals surface area contributed by atoms with Crippen molar-refractivity contribution >= 4 is 33.4 Å². The van der Waals surface area contributed by atoms with Crippen LogP contribution in [0.4, 0.5) is 13.2 Å². The van der Waals surface area contributed by atoms with Crippen LogP contribution in [0.5, 0.6) is 11.5 Å². The minimum atomic E-state index is -4.72. The van der Waals surface area contributed by atoms with Gasteiger partial charge in [0.25, 0.3) is 0 Å². The van der Waals surface area contributed by atoms with Crippen LogP contribution in [0, 0.1) is 13.8 Å². The van der Waals surface area contributed by atoms with Crippen LogP contribution in [0.1, 0.15) is 34.2 Å². The first kappa shape index (κ1) is 43.4. The molecule has 66 heavy (non-hydrogen) atoms. The topological polar surface area (TPSA) is 127 Å². The molecule has 0 bridgehead atoms. The van der Waals surface area contributed by atoms with E-state index in [9.17, 15) is 13.2 Å². The molecule has 0 unspecified atom stereocenters. The van der Waals surface area contributed by atoms with E-state index in [1.54, 1.807) is 31.6 Å². The van der Waals surface area contributed by atoms with Crippen molar-refractivity contribution in [2.45, 2.75) is 33.1 Å². The molecule has 0 spiro atoms. The fourth-order valence-electron chi connectivity index (χ4n) is 7.63. The molecule has 4 aromatic carbocycles. The van der Waals surface area contributed by atoms with E-state index in [0.29, 0.717) is 29.4 Å². The van der Waals surface area contributed by atoms with Crippen LogP contribution < -0.4 is 9.47 Å². The number of hydrogen-bond donors (Lipinski definition) is 2. The van der Waals surface area contributed by atoms with Crippen LogP contribution in [0.25, 0.3) is 67.1 Å². The summed E-state index contributed by atoms with van der Waals surface area (Å²) in [5.74, 6) is 1.91. The fraction of sp³-hybridized carbons (Fsp3) is 0.115. The number of pyridine rings is 4. The van der Waals surface area contributed by atoms with Gasteiger partial charge >= 0.3 is 6.36 Å². The second-order valence-electron chi connectivity index (χ2n) is 15.5. The first-order chi connectivity index (χ1) is 31.9. The summed E-state index contributed by atoms with van der Waals surface area (Å²) in [6.07, 6.45) is -0.154. The summed E-state index contributed by atoms with van der Waals surface area (Å²) < 4.78 is 46.5. The predicted octanol–water partition coefficient (Wildman–Crippen LogP) is 12.7. The van der Waals surface area contributed by atoms with Gasteiger partial charge < -0.3 is 19.4 Å². The SMILES string of the molecule is COc1ccc(Cc2nc(-c3ccc4ncccc4c3)c(-c3cccc(C)n3)[nH]2)cc1Cl.Cc1cccc(-c2[nH]c(Cc3ccc(OC(F)(F)F)cc3)nc2-c2ccc3ncccc3c2)n1. The van der Waals surface area contributed by atoms with Gasteiger partial charge in [-0.25, -0.2) is 9.97 Å². The molecular weight excluding hydrogens is 861 g/mol. The normalized spacial score (nSPS) is 11.4. The zero-order valence-corrected chi connectivity index (χ0v) is 36.6. The first-order valence-corrected chi connectivity index (χ1v) is 21.3. The van der Waals surface area contributed by atoms with Gasteiger partial charge in [-0.2, -0.15) is 0 Å². The molecule has 6 aromatic heterocycles. The molecule has 2 N–H and O–H groups in total. The Labute approximate surface area is 382 Å². The Morgan fingerprint density at radius 2 is 1.08 bits per heavy atom. The summed E-state index contributed by atoms with van der Waals surface area (Å²) >= 11 is 6.33. The van der Waals surface area contributed by atoms with Gasteiger partial charge in [0.05, 0.1) is 57.3 Å². The second-order valence-corrected chi connectivity index (χ2v) is 15.9. The van der Waals surface area contributed by atoms with Crippen molar-refractivity contribution in [3.8, 4) is 56.8 Å². The number of methoxy groups -OCH3 is 1. The Bertz CT molecular complexity index is 3330. The van der Waals surface area contributed by atoms with Gasteiger partial charge in [-0.1, -0.05) is 66.2 Å². The Balaban J connectivity index is 0.000000166. The van der Waals surface area contributed by atoms with Crippen LogP contribution in [0.15, 0.2) is 152 Å². The Hall–Kier alpha value is -7.90. The summed E-state index contributed by atoms with van der Waals surface area (Å²) in [4.78, 5) is 34.9. The number of H-pyrrole nitrogens is 2. The van der Waals surface area contributed by atoms with Gasteiger partial charge in [0, 0.05) is 58.5 Å². The molecule has 0 amide bonds. The highest BCUT2D eigenvalue weighted by Crippen LogP contribution is 2.34. The number of fused-ring (bicyclic) bond motifs is 2. The fourth-order valence-corrected chi connectivity index (χ4v) is 7.91. The van der Waals surface area contributed by atoms with E-state index in [4.69, 9.17) is 31.3 Å². The molecule has 328 valence electrons. The number of aromatic amines is 2. The number of halogens is 4. The number of nitrogens with one attached hydrogen (secondary N) is 2. The van der Waals surface area contributed by atoms with Crippen molar-refractivity contribution in [3.63, 3.8) is 0 Å². The van der Waals surface area contributed by atoms with Gasteiger partial charge in [0.1, 0.15) is 23.1 Å². The van der Waals surface area contributed by atoms with Crippen LogP contribution in [0.3, 0.4) is 0 Å². The number of hydrogen-bond acceptors (Lipinski definition) is 8. The molecule has 0 aliphatic heterocycles. The van der Waals surface area contributed by atoms with Crippen LogP contribution in [0.2, 0.25) is 5.02 Å². The van der Waals surface area contributed by atoms with Gasteiger partial charge in [0.2, 0.25) is 0 Å². The smallest absolute Gasteiger partial charge is 0.495 e. The lowest BCUT2D eigenvalue weighted by Crippen LogP contribution is -2.17. The highest BCUT2D eigenvalue weighted by molar-refractivity contribution is 6.32. The number of ether oxygens (including phenoxy) is 2. The maximum Gasteiger partial charge on any atom is 0.573 e. The zero-order chi connectivity index (χ0) is 45.8.